The third kappa shape index (κ3) is 6.10. The first-order valence-electron chi connectivity index (χ1n) is 10.7. The quantitative estimate of drug-likeness (QED) is 0.223. The lowest BCUT2D eigenvalue weighted by Crippen LogP contribution is -2.14. The van der Waals surface area contributed by atoms with Gasteiger partial charge in [-0.05, 0) is 61.0 Å². The minimum absolute atomic E-state index is 0.0758. The van der Waals surface area contributed by atoms with Crippen molar-refractivity contribution in [3.8, 4) is 23.0 Å². The summed E-state index contributed by atoms with van der Waals surface area (Å²) in [7, 11) is 1.54. The van der Waals surface area contributed by atoms with Crippen LogP contribution in [0.4, 0.5) is 11.4 Å². The van der Waals surface area contributed by atoms with E-state index in [4.69, 9.17) is 25.8 Å². The minimum atomic E-state index is -0.568. The highest BCUT2D eigenvalue weighted by atomic mass is 35.5. The molecule has 3 aromatic carbocycles. The Labute approximate surface area is 211 Å². The lowest BCUT2D eigenvalue weighted by molar-refractivity contribution is -0.384. The van der Waals surface area contributed by atoms with Crippen molar-refractivity contribution >= 4 is 28.9 Å². The summed E-state index contributed by atoms with van der Waals surface area (Å²) < 4.78 is 18.0. The molecule has 4 aromatic rings. The van der Waals surface area contributed by atoms with E-state index in [9.17, 15) is 14.9 Å². The first-order chi connectivity index (χ1) is 17.3. The van der Waals surface area contributed by atoms with Crippen molar-refractivity contribution in [3.63, 3.8) is 0 Å². The van der Waals surface area contributed by atoms with Gasteiger partial charge in [0.15, 0.2) is 12.4 Å². The van der Waals surface area contributed by atoms with Crippen molar-refractivity contribution in [2.24, 2.45) is 0 Å². The summed E-state index contributed by atoms with van der Waals surface area (Å²) in [6.45, 7) is 1.95. The molecule has 36 heavy (non-hydrogen) atoms. The fourth-order valence-corrected chi connectivity index (χ4v) is 3.49. The molecule has 1 heterocycles. The molecule has 0 aliphatic heterocycles. The lowest BCUT2D eigenvalue weighted by atomic mass is 10.2. The number of methoxy groups -OCH3 is 1. The fraction of sp³-hybridized carbons (Fsp3) is 0.120. The third-order valence-corrected chi connectivity index (χ3v) is 5.25. The second-order valence-electron chi connectivity index (χ2n) is 7.63. The van der Waals surface area contributed by atoms with Crippen LogP contribution in [-0.2, 0) is 6.73 Å². The van der Waals surface area contributed by atoms with Crippen LogP contribution in [-0.4, -0.2) is 27.7 Å². The number of carbonyl (C=O) groups is 1. The lowest BCUT2D eigenvalue weighted by Gasteiger charge is -2.10. The average Bonchev–Trinajstić information content (AvgIpc) is 3.33. The number of hydrogen-bond donors (Lipinski definition) is 1. The first kappa shape index (κ1) is 24.6. The molecule has 0 bridgehead atoms. The number of nitrogens with zero attached hydrogens (tertiary/aromatic N) is 3. The van der Waals surface area contributed by atoms with Gasteiger partial charge in [0.25, 0.3) is 11.6 Å². The van der Waals surface area contributed by atoms with Gasteiger partial charge < -0.3 is 19.5 Å². The molecule has 0 atom stereocenters. The highest BCUT2D eigenvalue weighted by molar-refractivity contribution is 6.30. The Morgan fingerprint density at radius 3 is 2.50 bits per heavy atom. The number of aromatic nitrogens is 2. The Kier molecular flexibility index (Phi) is 7.36. The first-order valence-corrected chi connectivity index (χ1v) is 11.0. The maximum absolute atomic E-state index is 12.7. The highest BCUT2D eigenvalue weighted by Gasteiger charge is 2.16. The molecule has 184 valence electrons. The molecule has 10 nitrogen and oxygen atoms in total. The summed E-state index contributed by atoms with van der Waals surface area (Å²) in [6.07, 6.45) is 1.59. The number of ether oxygens (including phenoxy) is 3. The van der Waals surface area contributed by atoms with E-state index >= 15 is 0 Å². The fourth-order valence-electron chi connectivity index (χ4n) is 3.26. The van der Waals surface area contributed by atoms with Crippen LogP contribution in [0.5, 0.6) is 23.0 Å². The van der Waals surface area contributed by atoms with Crippen LogP contribution in [0.1, 0.15) is 16.1 Å². The van der Waals surface area contributed by atoms with Crippen molar-refractivity contribution in [1.29, 1.82) is 0 Å². The molecule has 0 aliphatic carbocycles. The summed E-state index contributed by atoms with van der Waals surface area (Å²) in [6, 6.07) is 17.5. The van der Waals surface area contributed by atoms with Crippen LogP contribution >= 0.6 is 11.6 Å². The van der Waals surface area contributed by atoms with Crippen molar-refractivity contribution < 1.29 is 23.9 Å². The summed E-state index contributed by atoms with van der Waals surface area (Å²) in [5, 5.41) is 18.9. The number of halogens is 1. The van der Waals surface area contributed by atoms with E-state index in [1.165, 1.54) is 28.9 Å². The number of benzene rings is 3. The van der Waals surface area contributed by atoms with Crippen molar-refractivity contribution in [2.75, 3.05) is 12.4 Å². The summed E-state index contributed by atoms with van der Waals surface area (Å²) in [5.74, 6) is 1.36. The van der Waals surface area contributed by atoms with Crippen LogP contribution in [0.2, 0.25) is 5.02 Å². The SMILES string of the molecule is COc1ccc(Oc2cc(NC(=O)c3ccn(COc4ccc(Cl)cc4C)n3)cc([N+](=O)[O-])c2)cc1. The zero-order valence-corrected chi connectivity index (χ0v) is 20.1. The molecule has 1 N–H and O–H groups in total. The van der Waals surface area contributed by atoms with Crippen LogP contribution in [0, 0.1) is 17.0 Å². The van der Waals surface area contributed by atoms with E-state index in [1.807, 2.05) is 6.92 Å². The summed E-state index contributed by atoms with van der Waals surface area (Å²) in [4.78, 5) is 23.6. The zero-order valence-electron chi connectivity index (χ0n) is 19.3. The van der Waals surface area contributed by atoms with E-state index < -0.39 is 10.8 Å². The number of aryl methyl sites for hydroxylation is 1. The van der Waals surface area contributed by atoms with Gasteiger partial charge >= 0.3 is 0 Å². The number of hydrogen-bond acceptors (Lipinski definition) is 7. The minimum Gasteiger partial charge on any atom is -0.497 e. The number of non-ortho nitro benzene ring substituents is 1. The Bertz CT molecular complexity index is 1400. The van der Waals surface area contributed by atoms with Crippen LogP contribution < -0.4 is 19.5 Å². The molecule has 11 heteroatoms. The van der Waals surface area contributed by atoms with Gasteiger partial charge in [0, 0.05) is 23.4 Å². The van der Waals surface area contributed by atoms with E-state index in [-0.39, 0.29) is 29.5 Å². The molecule has 0 aliphatic rings. The van der Waals surface area contributed by atoms with Crippen LogP contribution in [0.15, 0.2) is 72.9 Å². The van der Waals surface area contributed by atoms with E-state index in [1.54, 1.807) is 55.8 Å². The molecule has 0 spiro atoms. The molecule has 0 saturated carbocycles. The molecular weight excluding hydrogens is 488 g/mol. The second-order valence-corrected chi connectivity index (χ2v) is 8.06. The van der Waals surface area contributed by atoms with Crippen molar-refractivity contribution in [3.05, 3.63) is 99.3 Å². The van der Waals surface area contributed by atoms with Gasteiger partial charge in [0.2, 0.25) is 0 Å². The summed E-state index contributed by atoms with van der Waals surface area (Å²) in [5.41, 5.74) is 0.912. The number of anilines is 1. The predicted molar refractivity (Wildman–Crippen MR) is 133 cm³/mol. The smallest absolute Gasteiger partial charge is 0.276 e. The maximum atomic E-state index is 12.7. The number of carbonyl (C=O) groups excluding carboxylic acids is 1. The average molecular weight is 509 g/mol. The highest BCUT2D eigenvalue weighted by Crippen LogP contribution is 2.31. The number of nitrogens with one attached hydrogen (secondary N) is 1. The van der Waals surface area contributed by atoms with Gasteiger partial charge in [-0.15, -0.1) is 0 Å². The molecule has 0 radical (unpaired) electrons. The molecule has 0 unspecified atom stereocenters. The van der Waals surface area contributed by atoms with Gasteiger partial charge in [-0.3, -0.25) is 14.9 Å². The Morgan fingerprint density at radius 1 is 1.06 bits per heavy atom. The van der Waals surface area contributed by atoms with Crippen LogP contribution in [0.3, 0.4) is 0 Å². The molecule has 0 fully saturated rings. The second kappa shape index (κ2) is 10.8. The van der Waals surface area contributed by atoms with E-state index in [0.717, 1.165) is 5.56 Å². The monoisotopic (exact) mass is 508 g/mol. The topological polar surface area (TPSA) is 118 Å². The summed E-state index contributed by atoms with van der Waals surface area (Å²) >= 11 is 5.96. The largest absolute Gasteiger partial charge is 0.497 e. The number of rotatable bonds is 9. The molecule has 0 saturated heterocycles. The van der Waals surface area contributed by atoms with Gasteiger partial charge in [-0.25, -0.2) is 4.68 Å². The maximum Gasteiger partial charge on any atom is 0.276 e. The van der Waals surface area contributed by atoms with E-state index in [0.29, 0.717) is 22.3 Å². The molecule has 4 rings (SSSR count). The third-order valence-electron chi connectivity index (χ3n) is 5.02. The number of amides is 1. The van der Waals surface area contributed by atoms with Gasteiger partial charge in [0.05, 0.1) is 23.8 Å². The zero-order chi connectivity index (χ0) is 25.7. The standard InChI is InChI=1S/C25H21ClN4O6/c1-16-11-17(26)3-8-24(16)35-15-29-10-9-23(28-29)25(31)27-18-12-19(30(32)33)14-22(13-18)36-21-6-4-20(34-2)5-7-21/h3-14H,15H2,1-2H3,(H,27,31). The molecule has 1 amide bonds. The van der Waals surface area contributed by atoms with Gasteiger partial charge in [-0.2, -0.15) is 5.10 Å². The normalized spacial score (nSPS) is 10.5. The van der Waals surface area contributed by atoms with E-state index in [2.05, 4.69) is 10.4 Å². The van der Waals surface area contributed by atoms with Crippen molar-refractivity contribution in [2.45, 2.75) is 13.7 Å². The predicted octanol–water partition coefficient (Wildman–Crippen LogP) is 5.84. The Morgan fingerprint density at radius 2 is 1.81 bits per heavy atom. The Balaban J connectivity index is 1.45. The Hall–Kier alpha value is -4.57. The van der Waals surface area contributed by atoms with Crippen molar-refractivity contribution in [1.82, 2.24) is 9.78 Å². The number of nitro benzene ring substituents is 1. The number of nitro groups is 1. The van der Waals surface area contributed by atoms with Gasteiger partial charge in [0.1, 0.15) is 23.0 Å². The molecular formula is C25H21ClN4O6. The van der Waals surface area contributed by atoms with Crippen LogP contribution in [0.25, 0.3) is 0 Å². The van der Waals surface area contributed by atoms with Gasteiger partial charge in [-0.1, -0.05) is 11.6 Å². The molecule has 1 aromatic heterocycles.